The van der Waals surface area contributed by atoms with E-state index in [1.165, 1.54) is 71.0 Å². The molecule has 0 aromatic heterocycles. The van der Waals surface area contributed by atoms with Crippen molar-refractivity contribution in [3.63, 3.8) is 0 Å². The fourth-order valence-corrected chi connectivity index (χ4v) is 3.19. The highest BCUT2D eigenvalue weighted by molar-refractivity contribution is 4.81. The lowest BCUT2D eigenvalue weighted by Gasteiger charge is -2.30. The summed E-state index contributed by atoms with van der Waals surface area (Å²) in [4.78, 5) is 2.79. The van der Waals surface area contributed by atoms with Crippen molar-refractivity contribution in [1.82, 2.24) is 10.2 Å². The zero-order valence-corrected chi connectivity index (χ0v) is 12.5. The van der Waals surface area contributed by atoms with Gasteiger partial charge in [-0.25, -0.2) is 0 Å². The van der Waals surface area contributed by atoms with Gasteiger partial charge in [0, 0.05) is 18.6 Å². The molecule has 2 rings (SSSR count). The summed E-state index contributed by atoms with van der Waals surface area (Å²) in [6.45, 7) is 8.59. The monoisotopic (exact) mass is 252 g/mol. The first-order chi connectivity index (χ1) is 8.75. The Morgan fingerprint density at radius 3 is 2.39 bits per heavy atom. The van der Waals surface area contributed by atoms with Gasteiger partial charge in [0.15, 0.2) is 0 Å². The third-order valence-corrected chi connectivity index (χ3v) is 4.32. The zero-order chi connectivity index (χ0) is 12.8. The van der Waals surface area contributed by atoms with Gasteiger partial charge in [-0.2, -0.15) is 0 Å². The van der Waals surface area contributed by atoms with Crippen molar-refractivity contribution < 1.29 is 0 Å². The van der Waals surface area contributed by atoms with E-state index in [4.69, 9.17) is 0 Å². The van der Waals surface area contributed by atoms with E-state index in [1.54, 1.807) is 0 Å². The molecule has 2 fully saturated rings. The Morgan fingerprint density at radius 1 is 1.06 bits per heavy atom. The van der Waals surface area contributed by atoms with Gasteiger partial charge in [0.25, 0.3) is 0 Å². The topological polar surface area (TPSA) is 15.3 Å². The van der Waals surface area contributed by atoms with Crippen LogP contribution in [0.1, 0.15) is 65.2 Å². The molecule has 0 atom stereocenters. The molecule has 0 saturated heterocycles. The Bertz CT molecular complexity index is 217. The first kappa shape index (κ1) is 14.3. The van der Waals surface area contributed by atoms with Crippen LogP contribution in [0.15, 0.2) is 0 Å². The average Bonchev–Trinajstić information content (AvgIpc) is 2.99. The maximum absolute atomic E-state index is 3.62. The Labute approximate surface area is 114 Å². The summed E-state index contributed by atoms with van der Waals surface area (Å²) < 4.78 is 0. The normalized spacial score (nSPS) is 21.3. The van der Waals surface area contributed by atoms with Crippen molar-refractivity contribution in [2.24, 2.45) is 5.92 Å². The highest BCUT2D eigenvalue weighted by Gasteiger charge is 2.23. The van der Waals surface area contributed by atoms with Crippen LogP contribution in [0.3, 0.4) is 0 Å². The van der Waals surface area contributed by atoms with E-state index in [9.17, 15) is 0 Å². The summed E-state index contributed by atoms with van der Waals surface area (Å²) in [6.07, 6.45) is 11.4. The predicted octanol–water partition coefficient (Wildman–Crippen LogP) is 3.42. The maximum Gasteiger partial charge on any atom is 0.00953 e. The van der Waals surface area contributed by atoms with E-state index < -0.39 is 0 Å². The van der Waals surface area contributed by atoms with E-state index in [0.717, 1.165) is 18.0 Å². The van der Waals surface area contributed by atoms with E-state index in [-0.39, 0.29) is 0 Å². The molecule has 2 aliphatic carbocycles. The minimum absolute atomic E-state index is 0.815. The van der Waals surface area contributed by atoms with E-state index in [1.807, 2.05) is 0 Å². The summed E-state index contributed by atoms with van der Waals surface area (Å²) >= 11 is 0. The van der Waals surface area contributed by atoms with Crippen LogP contribution >= 0.6 is 0 Å². The number of nitrogens with zero attached hydrogens (tertiary/aromatic N) is 1. The number of hydrogen-bond donors (Lipinski definition) is 1. The highest BCUT2D eigenvalue weighted by Crippen LogP contribution is 2.24. The van der Waals surface area contributed by atoms with E-state index in [0.29, 0.717) is 0 Å². The number of hydrogen-bond acceptors (Lipinski definition) is 2. The molecule has 0 unspecified atom stereocenters. The molecule has 0 aromatic rings. The predicted molar refractivity (Wildman–Crippen MR) is 78.9 cm³/mol. The molecule has 2 saturated carbocycles. The summed E-state index contributed by atoms with van der Waals surface area (Å²) in [6, 6.07) is 1.79. The van der Waals surface area contributed by atoms with Crippen LogP contribution in [0.2, 0.25) is 0 Å². The molecule has 2 heteroatoms. The largest absolute Gasteiger partial charge is 0.314 e. The molecule has 106 valence electrons. The Morgan fingerprint density at radius 2 is 1.78 bits per heavy atom. The fourth-order valence-electron chi connectivity index (χ4n) is 3.19. The van der Waals surface area contributed by atoms with Gasteiger partial charge in [0.2, 0.25) is 0 Å². The third-order valence-electron chi connectivity index (χ3n) is 4.32. The molecule has 18 heavy (non-hydrogen) atoms. The maximum atomic E-state index is 3.62. The zero-order valence-electron chi connectivity index (χ0n) is 12.5. The summed E-state index contributed by atoms with van der Waals surface area (Å²) in [7, 11) is 0. The average molecular weight is 252 g/mol. The van der Waals surface area contributed by atoms with E-state index >= 15 is 0 Å². The van der Waals surface area contributed by atoms with Gasteiger partial charge in [-0.1, -0.05) is 26.7 Å². The van der Waals surface area contributed by atoms with Crippen LogP contribution in [0, 0.1) is 5.92 Å². The second-order valence-electron chi connectivity index (χ2n) is 6.76. The molecule has 2 nitrogen and oxygen atoms in total. The number of unbranched alkanes of at least 4 members (excludes halogenated alkanes) is 1. The van der Waals surface area contributed by atoms with Crippen molar-refractivity contribution in [2.45, 2.75) is 77.3 Å². The Kier molecular flexibility index (Phi) is 5.97. The van der Waals surface area contributed by atoms with Crippen molar-refractivity contribution >= 4 is 0 Å². The van der Waals surface area contributed by atoms with Crippen molar-refractivity contribution in [2.75, 3.05) is 19.6 Å². The number of rotatable bonds is 9. The molecule has 1 N–H and O–H groups in total. The lowest BCUT2D eigenvalue weighted by atomic mass is 10.1. The van der Waals surface area contributed by atoms with Crippen LogP contribution in [0.25, 0.3) is 0 Å². The van der Waals surface area contributed by atoms with Crippen LogP contribution < -0.4 is 5.32 Å². The first-order valence-corrected chi connectivity index (χ1v) is 8.23. The Hall–Kier alpha value is -0.0800. The molecule has 0 amide bonds. The fraction of sp³-hybridized carbons (Fsp3) is 1.00. The van der Waals surface area contributed by atoms with E-state index in [2.05, 4.69) is 24.1 Å². The van der Waals surface area contributed by atoms with Gasteiger partial charge in [0.1, 0.15) is 0 Å². The van der Waals surface area contributed by atoms with Crippen LogP contribution in [0.4, 0.5) is 0 Å². The molecule has 0 heterocycles. The summed E-state index contributed by atoms with van der Waals surface area (Å²) in [5.41, 5.74) is 0. The standard InChI is InChI=1S/C16H32N2/c1-14(2)13-18(16-7-3-4-8-16)12-6-5-11-17-15-9-10-15/h14-17H,3-13H2,1-2H3. The highest BCUT2D eigenvalue weighted by atomic mass is 15.2. The SMILES string of the molecule is CC(C)CN(CCCCNC1CC1)C1CCCC1. The first-order valence-electron chi connectivity index (χ1n) is 8.23. The second kappa shape index (κ2) is 7.49. The molecule has 0 aromatic carbocycles. The van der Waals surface area contributed by atoms with Crippen LogP contribution in [-0.4, -0.2) is 36.6 Å². The molecule has 0 aliphatic heterocycles. The van der Waals surface area contributed by atoms with Gasteiger partial charge in [-0.15, -0.1) is 0 Å². The lowest BCUT2D eigenvalue weighted by Crippen LogP contribution is -2.37. The minimum atomic E-state index is 0.815. The molecule has 2 aliphatic rings. The van der Waals surface area contributed by atoms with Crippen LogP contribution in [-0.2, 0) is 0 Å². The summed E-state index contributed by atoms with van der Waals surface area (Å²) in [5, 5.41) is 3.62. The van der Waals surface area contributed by atoms with Gasteiger partial charge >= 0.3 is 0 Å². The number of nitrogens with one attached hydrogen (secondary N) is 1. The van der Waals surface area contributed by atoms with Crippen molar-refractivity contribution in [3.05, 3.63) is 0 Å². The second-order valence-corrected chi connectivity index (χ2v) is 6.76. The molecular formula is C16H32N2. The third kappa shape index (κ3) is 5.27. The lowest BCUT2D eigenvalue weighted by molar-refractivity contribution is 0.174. The molecule has 0 bridgehead atoms. The van der Waals surface area contributed by atoms with Gasteiger partial charge in [-0.05, 0) is 57.5 Å². The Balaban J connectivity index is 1.60. The van der Waals surface area contributed by atoms with Gasteiger partial charge in [0.05, 0.1) is 0 Å². The summed E-state index contributed by atoms with van der Waals surface area (Å²) in [5.74, 6) is 0.815. The molecule has 0 radical (unpaired) electrons. The smallest absolute Gasteiger partial charge is 0.00953 e. The van der Waals surface area contributed by atoms with Crippen LogP contribution in [0.5, 0.6) is 0 Å². The quantitative estimate of drug-likeness (QED) is 0.633. The molecule has 0 spiro atoms. The van der Waals surface area contributed by atoms with Gasteiger partial charge < -0.3 is 10.2 Å². The van der Waals surface area contributed by atoms with Crippen molar-refractivity contribution in [1.29, 1.82) is 0 Å². The molecular weight excluding hydrogens is 220 g/mol. The van der Waals surface area contributed by atoms with Gasteiger partial charge in [-0.3, -0.25) is 0 Å². The van der Waals surface area contributed by atoms with Crippen molar-refractivity contribution in [3.8, 4) is 0 Å². The minimum Gasteiger partial charge on any atom is -0.314 e.